The molecule has 0 fully saturated rings. The maximum absolute atomic E-state index is 5.87. The van der Waals surface area contributed by atoms with Gasteiger partial charge in [0.15, 0.2) is 0 Å². The smallest absolute Gasteiger partial charge is 0.119 e. The SMILES string of the molecule is [Br-].c1ccc(OCCCCCC[P+](c2ccccc2)(c2ccccc2)c2ccccc2)cc1. The summed E-state index contributed by atoms with van der Waals surface area (Å²) in [5.74, 6) is 0.967. The molecule has 0 saturated heterocycles. The van der Waals surface area contributed by atoms with Crippen molar-refractivity contribution in [2.75, 3.05) is 12.8 Å². The molecule has 0 bridgehead atoms. The van der Waals surface area contributed by atoms with Gasteiger partial charge >= 0.3 is 0 Å². The van der Waals surface area contributed by atoms with Gasteiger partial charge in [0.1, 0.15) is 28.9 Å². The van der Waals surface area contributed by atoms with Crippen LogP contribution in [0.5, 0.6) is 5.75 Å². The van der Waals surface area contributed by atoms with Crippen molar-refractivity contribution in [2.45, 2.75) is 25.7 Å². The standard InChI is InChI=1S/C30H32OP.BrH/c1(15-25-31-27-17-7-3-8-18-27)2-16-26-32(28-19-9-4-10-20-28,29-21-11-5-12-22-29)30-23-13-6-14-24-30;/h3-14,17-24H,1-2,15-16,25-26H2;1H/q+1;/p-1. The zero-order valence-corrected chi connectivity index (χ0v) is 21.5. The fourth-order valence-corrected chi connectivity index (χ4v) is 8.80. The summed E-state index contributed by atoms with van der Waals surface area (Å²) in [6.45, 7) is 0.792. The average Bonchev–Trinajstić information content (AvgIpc) is 2.88. The number of rotatable bonds is 11. The molecule has 0 heterocycles. The molecule has 33 heavy (non-hydrogen) atoms. The largest absolute Gasteiger partial charge is 1.00 e. The molecule has 0 aliphatic rings. The molecule has 0 amide bonds. The molecule has 4 aromatic rings. The summed E-state index contributed by atoms with van der Waals surface area (Å²) in [6.07, 6.45) is 5.95. The number of halogens is 1. The molecule has 0 N–H and O–H groups in total. The van der Waals surface area contributed by atoms with Gasteiger partial charge in [-0.15, -0.1) is 0 Å². The average molecular weight is 519 g/mol. The molecule has 0 atom stereocenters. The van der Waals surface area contributed by atoms with Gasteiger partial charge in [-0.05, 0) is 74.2 Å². The predicted molar refractivity (Wildman–Crippen MR) is 140 cm³/mol. The number of benzene rings is 4. The van der Waals surface area contributed by atoms with E-state index in [2.05, 4.69) is 91.0 Å². The highest BCUT2D eigenvalue weighted by Crippen LogP contribution is 2.55. The molecular weight excluding hydrogens is 487 g/mol. The fraction of sp³-hybridized carbons (Fsp3) is 0.200. The summed E-state index contributed by atoms with van der Waals surface area (Å²) >= 11 is 0. The zero-order valence-electron chi connectivity index (χ0n) is 19.0. The first kappa shape index (κ1) is 25.2. The Morgan fingerprint density at radius 1 is 0.455 bits per heavy atom. The van der Waals surface area contributed by atoms with Gasteiger partial charge in [-0.3, -0.25) is 0 Å². The van der Waals surface area contributed by atoms with Crippen molar-refractivity contribution in [3.05, 3.63) is 121 Å². The highest BCUT2D eigenvalue weighted by molar-refractivity contribution is 7.95. The van der Waals surface area contributed by atoms with Gasteiger partial charge in [-0.25, -0.2) is 0 Å². The Kier molecular flexibility index (Phi) is 10.2. The van der Waals surface area contributed by atoms with E-state index in [1.165, 1.54) is 41.3 Å². The van der Waals surface area contributed by atoms with Crippen molar-refractivity contribution in [3.8, 4) is 5.75 Å². The highest BCUT2D eigenvalue weighted by Gasteiger charge is 2.44. The molecule has 4 rings (SSSR count). The Balaban J connectivity index is 0.00000306. The Morgan fingerprint density at radius 2 is 0.848 bits per heavy atom. The molecule has 0 aromatic heterocycles. The molecule has 0 aliphatic heterocycles. The number of ether oxygens (including phenoxy) is 1. The Bertz CT molecular complexity index is 943. The van der Waals surface area contributed by atoms with E-state index in [4.69, 9.17) is 4.74 Å². The first-order valence-electron chi connectivity index (χ1n) is 11.6. The fourth-order valence-electron chi connectivity index (χ4n) is 4.39. The molecule has 0 aliphatic carbocycles. The van der Waals surface area contributed by atoms with Gasteiger partial charge in [0.05, 0.1) is 12.8 Å². The van der Waals surface area contributed by atoms with Crippen molar-refractivity contribution in [1.29, 1.82) is 0 Å². The van der Waals surface area contributed by atoms with E-state index in [9.17, 15) is 0 Å². The van der Waals surface area contributed by atoms with Gasteiger partial charge in [-0.2, -0.15) is 0 Å². The van der Waals surface area contributed by atoms with Crippen LogP contribution in [0.1, 0.15) is 25.7 Å². The quantitative estimate of drug-likeness (QED) is 0.217. The van der Waals surface area contributed by atoms with Crippen LogP contribution in [0, 0.1) is 0 Å². The third kappa shape index (κ3) is 6.56. The molecule has 0 unspecified atom stereocenters. The van der Waals surface area contributed by atoms with Crippen molar-refractivity contribution in [1.82, 2.24) is 0 Å². The van der Waals surface area contributed by atoms with E-state index in [1.54, 1.807) is 0 Å². The summed E-state index contributed by atoms with van der Waals surface area (Å²) < 4.78 is 5.87. The molecular formula is C30H32BrOP. The third-order valence-electron chi connectivity index (χ3n) is 5.99. The molecule has 3 heteroatoms. The van der Waals surface area contributed by atoms with Gasteiger partial charge in [0.2, 0.25) is 0 Å². The molecule has 1 nitrogen and oxygen atoms in total. The lowest BCUT2D eigenvalue weighted by Gasteiger charge is -2.27. The van der Waals surface area contributed by atoms with E-state index < -0.39 is 7.26 Å². The zero-order chi connectivity index (χ0) is 21.9. The van der Waals surface area contributed by atoms with E-state index in [0.29, 0.717) is 0 Å². The van der Waals surface area contributed by atoms with Crippen LogP contribution >= 0.6 is 7.26 Å². The Morgan fingerprint density at radius 3 is 1.30 bits per heavy atom. The second-order valence-corrected chi connectivity index (χ2v) is 11.7. The number of unbranched alkanes of at least 4 members (excludes halogenated alkanes) is 3. The van der Waals surface area contributed by atoms with E-state index in [1.807, 2.05) is 30.3 Å². The minimum Gasteiger partial charge on any atom is -1.00 e. The second kappa shape index (κ2) is 13.3. The minimum atomic E-state index is -1.69. The van der Waals surface area contributed by atoms with E-state index in [0.717, 1.165) is 18.8 Å². The van der Waals surface area contributed by atoms with Crippen molar-refractivity contribution in [3.63, 3.8) is 0 Å². The van der Waals surface area contributed by atoms with Crippen LogP contribution in [-0.4, -0.2) is 12.8 Å². The molecule has 170 valence electrons. The lowest BCUT2D eigenvalue weighted by Crippen LogP contribution is -3.00. The summed E-state index contributed by atoms with van der Waals surface area (Å²) in [7, 11) is -1.69. The highest BCUT2D eigenvalue weighted by atomic mass is 79.9. The first-order valence-corrected chi connectivity index (χ1v) is 13.6. The van der Waals surface area contributed by atoms with E-state index in [-0.39, 0.29) is 17.0 Å². The van der Waals surface area contributed by atoms with E-state index >= 15 is 0 Å². The second-order valence-electron chi connectivity index (χ2n) is 8.12. The monoisotopic (exact) mass is 518 g/mol. The van der Waals surface area contributed by atoms with Crippen molar-refractivity contribution in [2.24, 2.45) is 0 Å². The third-order valence-corrected chi connectivity index (χ3v) is 10.5. The Labute approximate surface area is 210 Å². The normalized spacial score (nSPS) is 10.9. The maximum atomic E-state index is 5.87. The summed E-state index contributed by atoms with van der Waals surface area (Å²) in [4.78, 5) is 0. The van der Waals surface area contributed by atoms with Crippen LogP contribution in [0.25, 0.3) is 0 Å². The Hall–Kier alpha value is -2.41. The van der Waals surface area contributed by atoms with Gasteiger partial charge < -0.3 is 21.7 Å². The van der Waals surface area contributed by atoms with Gasteiger partial charge in [-0.1, -0.05) is 72.8 Å². The van der Waals surface area contributed by atoms with Crippen LogP contribution in [0.2, 0.25) is 0 Å². The molecule has 4 aromatic carbocycles. The summed E-state index contributed by atoms with van der Waals surface area (Å²) in [5.41, 5.74) is 0. The molecule has 0 saturated carbocycles. The molecule has 0 spiro atoms. The lowest BCUT2D eigenvalue weighted by molar-refractivity contribution is -0.00000677. The van der Waals surface area contributed by atoms with Crippen LogP contribution < -0.4 is 37.6 Å². The lowest BCUT2D eigenvalue weighted by atomic mass is 10.2. The maximum Gasteiger partial charge on any atom is 0.119 e. The minimum absolute atomic E-state index is 0. The van der Waals surface area contributed by atoms with Crippen molar-refractivity contribution >= 4 is 23.2 Å². The first-order chi connectivity index (χ1) is 15.9. The van der Waals surface area contributed by atoms with Gasteiger partial charge in [0, 0.05) is 0 Å². The number of hydrogen-bond donors (Lipinski definition) is 0. The van der Waals surface area contributed by atoms with Crippen LogP contribution in [0.3, 0.4) is 0 Å². The van der Waals surface area contributed by atoms with Crippen LogP contribution in [-0.2, 0) is 0 Å². The van der Waals surface area contributed by atoms with Gasteiger partial charge in [0.25, 0.3) is 0 Å². The van der Waals surface area contributed by atoms with Crippen LogP contribution in [0.4, 0.5) is 0 Å². The predicted octanol–water partition coefficient (Wildman–Crippen LogP) is 3.62. The molecule has 0 radical (unpaired) electrons. The number of hydrogen-bond acceptors (Lipinski definition) is 1. The summed E-state index contributed by atoms with van der Waals surface area (Å²) in [6, 6.07) is 43.7. The van der Waals surface area contributed by atoms with Crippen LogP contribution in [0.15, 0.2) is 121 Å². The number of para-hydroxylation sites is 1. The summed E-state index contributed by atoms with van der Waals surface area (Å²) in [5, 5.41) is 4.43. The topological polar surface area (TPSA) is 9.23 Å². The van der Waals surface area contributed by atoms with Crippen molar-refractivity contribution < 1.29 is 21.7 Å².